The van der Waals surface area contributed by atoms with E-state index in [0.717, 1.165) is 49.6 Å². The lowest BCUT2D eigenvalue weighted by molar-refractivity contribution is 0.0827. The van der Waals surface area contributed by atoms with Gasteiger partial charge in [-0.15, -0.1) is 24.0 Å². The van der Waals surface area contributed by atoms with E-state index in [9.17, 15) is 4.79 Å². The van der Waals surface area contributed by atoms with E-state index in [2.05, 4.69) is 66.1 Å². The topological polar surface area (TPSA) is 56.7 Å². The molecule has 32 heavy (non-hydrogen) atoms. The van der Waals surface area contributed by atoms with Crippen molar-refractivity contribution < 1.29 is 4.79 Å². The van der Waals surface area contributed by atoms with Crippen LogP contribution < -0.4 is 10.6 Å². The second-order valence-corrected chi connectivity index (χ2v) is 7.77. The Morgan fingerprint density at radius 3 is 2.38 bits per heavy atom. The molecule has 0 radical (unpaired) electrons. The van der Waals surface area contributed by atoms with Crippen molar-refractivity contribution >= 4 is 46.6 Å². The van der Waals surface area contributed by atoms with Gasteiger partial charge in [-0.1, -0.05) is 54.6 Å². The fourth-order valence-electron chi connectivity index (χ4n) is 3.48. The number of carbonyl (C=O) groups is 1. The van der Waals surface area contributed by atoms with E-state index in [1.165, 1.54) is 16.3 Å². The van der Waals surface area contributed by atoms with Crippen molar-refractivity contribution in [3.63, 3.8) is 0 Å². The minimum absolute atomic E-state index is 0. The Kier molecular flexibility index (Phi) is 10.5. The van der Waals surface area contributed by atoms with Crippen LogP contribution in [-0.4, -0.2) is 50.5 Å². The van der Waals surface area contributed by atoms with E-state index in [1.807, 2.05) is 18.2 Å². The van der Waals surface area contributed by atoms with Gasteiger partial charge in [0, 0.05) is 39.3 Å². The molecule has 170 valence electrons. The molecule has 1 amide bonds. The number of nitrogens with zero attached hydrogens (tertiary/aromatic N) is 2. The van der Waals surface area contributed by atoms with Gasteiger partial charge >= 0.3 is 0 Å². The van der Waals surface area contributed by atoms with Crippen molar-refractivity contribution in [2.24, 2.45) is 4.99 Å². The maximum Gasteiger partial charge on any atom is 0.253 e. The maximum absolute atomic E-state index is 12.2. The lowest BCUT2D eigenvalue weighted by Crippen LogP contribution is -2.38. The van der Waals surface area contributed by atoms with Gasteiger partial charge in [-0.2, -0.15) is 0 Å². The molecule has 0 spiro atoms. The summed E-state index contributed by atoms with van der Waals surface area (Å²) in [6.45, 7) is 4.35. The molecule has 5 nitrogen and oxygen atoms in total. The zero-order valence-corrected chi connectivity index (χ0v) is 21.4. The van der Waals surface area contributed by atoms with Crippen LogP contribution in [0.3, 0.4) is 0 Å². The van der Waals surface area contributed by atoms with Crippen molar-refractivity contribution in [1.82, 2.24) is 15.5 Å². The average molecular weight is 544 g/mol. The summed E-state index contributed by atoms with van der Waals surface area (Å²) in [7, 11) is 3.54. The highest BCUT2D eigenvalue weighted by Crippen LogP contribution is 2.16. The van der Waals surface area contributed by atoms with Crippen molar-refractivity contribution in [2.45, 2.75) is 19.8 Å². The Hall–Kier alpha value is -2.61. The van der Waals surface area contributed by atoms with Crippen molar-refractivity contribution in [3.8, 4) is 0 Å². The van der Waals surface area contributed by atoms with Crippen LogP contribution in [0.1, 0.15) is 28.4 Å². The Bertz CT molecular complexity index is 1050. The summed E-state index contributed by atoms with van der Waals surface area (Å²) < 4.78 is 0. The number of carbonyl (C=O) groups excluding carboxylic acids is 1. The van der Waals surface area contributed by atoms with Crippen LogP contribution in [0.25, 0.3) is 10.8 Å². The smallest absolute Gasteiger partial charge is 0.253 e. The quantitative estimate of drug-likeness (QED) is 0.250. The van der Waals surface area contributed by atoms with Crippen LogP contribution in [0.5, 0.6) is 0 Å². The molecule has 3 aromatic carbocycles. The van der Waals surface area contributed by atoms with E-state index in [0.29, 0.717) is 0 Å². The van der Waals surface area contributed by atoms with E-state index in [1.54, 1.807) is 19.0 Å². The van der Waals surface area contributed by atoms with Crippen LogP contribution in [0.4, 0.5) is 0 Å². The van der Waals surface area contributed by atoms with Gasteiger partial charge in [0.15, 0.2) is 5.96 Å². The molecule has 0 fully saturated rings. The van der Waals surface area contributed by atoms with Gasteiger partial charge in [-0.05, 0) is 53.8 Å². The molecule has 0 saturated carbocycles. The molecule has 6 heteroatoms. The van der Waals surface area contributed by atoms with E-state index < -0.39 is 0 Å². The third-order valence-electron chi connectivity index (χ3n) is 5.11. The van der Waals surface area contributed by atoms with E-state index in [-0.39, 0.29) is 29.9 Å². The van der Waals surface area contributed by atoms with Gasteiger partial charge in [0.05, 0.1) is 0 Å². The number of fused-ring (bicyclic) bond motifs is 1. The second kappa shape index (κ2) is 13.1. The summed E-state index contributed by atoms with van der Waals surface area (Å²) in [5.41, 5.74) is 3.14. The third-order valence-corrected chi connectivity index (χ3v) is 5.11. The number of nitrogens with one attached hydrogen (secondary N) is 2. The zero-order valence-electron chi connectivity index (χ0n) is 19.1. The summed E-state index contributed by atoms with van der Waals surface area (Å²) in [5.74, 6) is 0.849. The normalized spacial score (nSPS) is 11.0. The summed E-state index contributed by atoms with van der Waals surface area (Å²) >= 11 is 0. The Labute approximate surface area is 208 Å². The SMILES string of the molecule is CCNC(=NCCc1ccc2ccccc2c1)NCCc1cccc(C(=O)N(C)C)c1.I. The minimum atomic E-state index is 0. The molecular formula is C26H33IN4O. The summed E-state index contributed by atoms with van der Waals surface area (Å²) in [4.78, 5) is 18.5. The highest BCUT2D eigenvalue weighted by molar-refractivity contribution is 14.0. The van der Waals surface area contributed by atoms with Crippen LogP contribution in [-0.2, 0) is 12.8 Å². The monoisotopic (exact) mass is 544 g/mol. The minimum Gasteiger partial charge on any atom is -0.357 e. The molecule has 0 heterocycles. The number of rotatable bonds is 8. The Morgan fingerprint density at radius 2 is 1.62 bits per heavy atom. The van der Waals surface area contributed by atoms with E-state index in [4.69, 9.17) is 4.99 Å². The van der Waals surface area contributed by atoms with Crippen molar-refractivity contribution in [3.05, 3.63) is 83.4 Å². The predicted octanol–water partition coefficient (Wildman–Crippen LogP) is 4.50. The maximum atomic E-state index is 12.2. The molecule has 3 rings (SSSR count). The molecule has 0 aliphatic rings. The van der Waals surface area contributed by atoms with Gasteiger partial charge in [0.25, 0.3) is 5.91 Å². The van der Waals surface area contributed by atoms with Crippen LogP contribution in [0, 0.1) is 0 Å². The van der Waals surface area contributed by atoms with Crippen LogP contribution in [0.15, 0.2) is 71.7 Å². The van der Waals surface area contributed by atoms with Crippen LogP contribution in [0.2, 0.25) is 0 Å². The molecule has 0 bridgehead atoms. The number of hydrogen-bond acceptors (Lipinski definition) is 2. The highest BCUT2D eigenvalue weighted by Gasteiger charge is 2.08. The first-order valence-electron chi connectivity index (χ1n) is 10.9. The first-order chi connectivity index (χ1) is 15.1. The summed E-state index contributed by atoms with van der Waals surface area (Å²) in [5, 5.41) is 9.24. The average Bonchev–Trinajstić information content (AvgIpc) is 2.78. The molecule has 3 aromatic rings. The predicted molar refractivity (Wildman–Crippen MR) is 145 cm³/mol. The third kappa shape index (κ3) is 7.51. The largest absolute Gasteiger partial charge is 0.357 e. The van der Waals surface area contributed by atoms with Gasteiger partial charge < -0.3 is 15.5 Å². The second-order valence-electron chi connectivity index (χ2n) is 7.77. The lowest BCUT2D eigenvalue weighted by atomic mass is 10.1. The molecule has 0 aliphatic heterocycles. The first kappa shape index (κ1) is 25.6. The summed E-state index contributed by atoms with van der Waals surface area (Å²) in [6, 6.07) is 22.8. The molecule has 0 unspecified atom stereocenters. The first-order valence-corrected chi connectivity index (χ1v) is 10.9. The number of guanidine groups is 1. The van der Waals surface area contributed by atoms with Crippen LogP contribution >= 0.6 is 24.0 Å². The highest BCUT2D eigenvalue weighted by atomic mass is 127. The van der Waals surface area contributed by atoms with E-state index >= 15 is 0 Å². The van der Waals surface area contributed by atoms with Gasteiger partial charge in [-0.25, -0.2) is 0 Å². The number of amides is 1. The molecule has 0 aromatic heterocycles. The van der Waals surface area contributed by atoms with Crippen molar-refractivity contribution in [1.29, 1.82) is 0 Å². The van der Waals surface area contributed by atoms with Gasteiger partial charge in [0.1, 0.15) is 0 Å². The number of hydrogen-bond donors (Lipinski definition) is 2. The number of halogens is 1. The molecule has 2 N–H and O–H groups in total. The van der Waals surface area contributed by atoms with Gasteiger partial charge in [-0.3, -0.25) is 9.79 Å². The Balaban J connectivity index is 0.00000363. The van der Waals surface area contributed by atoms with Gasteiger partial charge in [0.2, 0.25) is 0 Å². The number of aliphatic imine (C=N–C) groups is 1. The molecule has 0 saturated heterocycles. The molecule has 0 atom stereocenters. The zero-order chi connectivity index (χ0) is 22.1. The molecular weight excluding hydrogens is 511 g/mol. The summed E-state index contributed by atoms with van der Waals surface area (Å²) in [6.07, 6.45) is 1.72. The number of benzene rings is 3. The lowest BCUT2D eigenvalue weighted by Gasteiger charge is -2.13. The fraction of sp³-hybridized carbons (Fsp3) is 0.308. The Morgan fingerprint density at radius 1 is 0.875 bits per heavy atom. The molecule has 0 aliphatic carbocycles. The fourth-order valence-corrected chi connectivity index (χ4v) is 3.48. The van der Waals surface area contributed by atoms with Crippen molar-refractivity contribution in [2.75, 3.05) is 33.7 Å². The standard InChI is InChI=1S/C26H32N4O.HI/c1-4-27-26(28-16-14-20-8-7-11-24(19-20)25(31)30(2)3)29-17-15-21-12-13-22-9-5-6-10-23(22)18-21;/h5-13,18-19H,4,14-17H2,1-3H3,(H2,27,28,29);1H.